The van der Waals surface area contributed by atoms with Crippen LogP contribution in [0.4, 0.5) is 0 Å². The van der Waals surface area contributed by atoms with Gasteiger partial charge in [0.2, 0.25) is 5.88 Å². The first kappa shape index (κ1) is 17.7. The molecule has 0 bridgehead atoms. The molecule has 6 nitrogen and oxygen atoms in total. The van der Waals surface area contributed by atoms with E-state index in [1.165, 1.54) is 0 Å². The minimum atomic E-state index is -2.71. The Morgan fingerprint density at radius 1 is 1.15 bits per heavy atom. The summed E-state index contributed by atoms with van der Waals surface area (Å²) in [5.41, 5.74) is 1.55. The van der Waals surface area contributed by atoms with Crippen LogP contribution in [-0.2, 0) is 16.3 Å². The minimum Gasteiger partial charge on any atom is -0.488 e. The van der Waals surface area contributed by atoms with Gasteiger partial charge in [0.15, 0.2) is 0 Å². The molecule has 1 fully saturated rings. The Morgan fingerprint density at radius 3 is 2.74 bits per heavy atom. The number of nitrogens with zero attached hydrogens (tertiary/aromatic N) is 2. The lowest BCUT2D eigenvalue weighted by Crippen LogP contribution is -2.06. The summed E-state index contributed by atoms with van der Waals surface area (Å²) in [4.78, 5) is 9.17. The summed E-state index contributed by atoms with van der Waals surface area (Å²) in [6.07, 6.45) is 5.10. The molecular weight excluding hydrogens is 362 g/mol. The highest BCUT2D eigenvalue weighted by molar-refractivity contribution is 7.93. The maximum Gasteiger partial charge on any atom is 0.240 e. The van der Waals surface area contributed by atoms with Crippen LogP contribution in [0, 0.1) is 4.78 Å². The number of rotatable bonds is 7. The first-order valence-corrected chi connectivity index (χ1v) is 10.6. The molecule has 4 rings (SSSR count). The summed E-state index contributed by atoms with van der Waals surface area (Å²) in [6, 6.07) is 11.0. The molecule has 1 aliphatic rings. The SMILES string of the molecule is CCOc1nccc2c(OCc3cccc(S(=N)(=O)C4CC4)c3)ccnc12. The molecule has 1 aromatic carbocycles. The van der Waals surface area contributed by atoms with Crippen LogP contribution in [0.1, 0.15) is 25.3 Å². The minimum absolute atomic E-state index is 0.00213. The average Bonchev–Trinajstić information content (AvgIpc) is 3.53. The molecule has 7 heteroatoms. The first-order chi connectivity index (χ1) is 13.1. The van der Waals surface area contributed by atoms with Gasteiger partial charge in [0, 0.05) is 27.9 Å². The third kappa shape index (κ3) is 3.60. The Morgan fingerprint density at radius 2 is 1.96 bits per heavy atom. The van der Waals surface area contributed by atoms with Gasteiger partial charge in [-0.2, -0.15) is 0 Å². The second-order valence-corrected chi connectivity index (χ2v) is 8.83. The molecule has 1 atom stereocenters. The lowest BCUT2D eigenvalue weighted by atomic mass is 10.2. The summed E-state index contributed by atoms with van der Waals surface area (Å²) in [6.45, 7) is 2.73. The maximum absolute atomic E-state index is 12.6. The zero-order valence-corrected chi connectivity index (χ0v) is 15.9. The van der Waals surface area contributed by atoms with Gasteiger partial charge in [-0.3, -0.25) is 4.98 Å². The van der Waals surface area contributed by atoms with Crippen LogP contribution in [-0.4, -0.2) is 26.0 Å². The van der Waals surface area contributed by atoms with E-state index >= 15 is 0 Å². The van der Waals surface area contributed by atoms with E-state index in [1.54, 1.807) is 24.5 Å². The number of fused-ring (bicyclic) bond motifs is 1. The van der Waals surface area contributed by atoms with Crippen molar-refractivity contribution in [3.63, 3.8) is 0 Å². The van der Waals surface area contributed by atoms with E-state index < -0.39 is 9.73 Å². The predicted molar refractivity (Wildman–Crippen MR) is 104 cm³/mol. The van der Waals surface area contributed by atoms with Crippen molar-refractivity contribution in [3.05, 3.63) is 54.4 Å². The third-order valence-electron chi connectivity index (χ3n) is 4.50. The van der Waals surface area contributed by atoms with Crippen molar-refractivity contribution in [3.8, 4) is 11.6 Å². The van der Waals surface area contributed by atoms with E-state index in [9.17, 15) is 4.21 Å². The van der Waals surface area contributed by atoms with E-state index in [0.717, 1.165) is 23.8 Å². The largest absolute Gasteiger partial charge is 0.488 e. The number of hydrogen-bond acceptors (Lipinski definition) is 6. The standard InChI is InChI=1S/C20H21N3O3S/c1-2-25-20-19-17(8-10-23-20)18(9-11-22-19)26-13-14-4-3-5-16(12-14)27(21,24)15-6-7-15/h3-5,8-12,15,21H,2,6-7,13H2,1H3. The molecule has 0 aliphatic heterocycles. The van der Waals surface area contributed by atoms with Gasteiger partial charge < -0.3 is 9.47 Å². The van der Waals surface area contributed by atoms with E-state index in [2.05, 4.69) is 9.97 Å². The molecule has 27 heavy (non-hydrogen) atoms. The molecule has 0 radical (unpaired) electrons. The van der Waals surface area contributed by atoms with Crippen molar-refractivity contribution in [1.82, 2.24) is 9.97 Å². The smallest absolute Gasteiger partial charge is 0.240 e. The Kier molecular flexibility index (Phi) is 4.70. The number of aromatic nitrogens is 2. The monoisotopic (exact) mass is 383 g/mol. The summed E-state index contributed by atoms with van der Waals surface area (Å²) in [7, 11) is -2.71. The van der Waals surface area contributed by atoms with Crippen molar-refractivity contribution in [2.45, 2.75) is 36.5 Å². The zero-order chi connectivity index (χ0) is 18.9. The highest BCUT2D eigenvalue weighted by atomic mass is 32.2. The first-order valence-electron chi connectivity index (χ1n) is 8.95. The molecule has 1 unspecified atom stereocenters. The zero-order valence-electron chi connectivity index (χ0n) is 15.1. The molecule has 2 aromatic heterocycles. The quantitative estimate of drug-likeness (QED) is 0.662. The third-order valence-corrected chi connectivity index (χ3v) is 6.87. The Bertz CT molecular complexity index is 1080. The van der Waals surface area contributed by atoms with Gasteiger partial charge in [0.25, 0.3) is 0 Å². The van der Waals surface area contributed by atoms with Gasteiger partial charge in [-0.05, 0) is 49.6 Å². The number of nitrogens with one attached hydrogen (secondary N) is 1. The highest BCUT2D eigenvalue weighted by Gasteiger charge is 2.33. The second kappa shape index (κ2) is 7.15. The number of pyridine rings is 2. The number of hydrogen-bond donors (Lipinski definition) is 1. The predicted octanol–water partition coefficient (Wildman–Crippen LogP) is 4.18. The van der Waals surface area contributed by atoms with Crippen molar-refractivity contribution in [1.29, 1.82) is 4.78 Å². The fourth-order valence-corrected chi connectivity index (χ4v) is 4.77. The van der Waals surface area contributed by atoms with Crippen LogP contribution in [0.25, 0.3) is 10.9 Å². The normalized spacial score (nSPS) is 16.0. The fraction of sp³-hybridized carbons (Fsp3) is 0.300. The van der Waals surface area contributed by atoms with Crippen molar-refractivity contribution in [2.75, 3.05) is 6.61 Å². The van der Waals surface area contributed by atoms with Crippen molar-refractivity contribution < 1.29 is 13.7 Å². The number of ether oxygens (including phenoxy) is 2. The second-order valence-electron chi connectivity index (χ2n) is 6.49. The fourth-order valence-electron chi connectivity index (χ4n) is 2.97. The van der Waals surface area contributed by atoms with Crippen LogP contribution < -0.4 is 9.47 Å². The van der Waals surface area contributed by atoms with Crippen LogP contribution >= 0.6 is 0 Å². The molecule has 0 amide bonds. The topological polar surface area (TPSA) is 85.2 Å². The van der Waals surface area contributed by atoms with Crippen LogP contribution in [0.2, 0.25) is 0 Å². The van der Waals surface area contributed by atoms with Gasteiger partial charge in [0.1, 0.15) is 17.9 Å². The Hall–Kier alpha value is -2.67. The van der Waals surface area contributed by atoms with Crippen molar-refractivity contribution in [2.24, 2.45) is 0 Å². The van der Waals surface area contributed by atoms with Crippen LogP contribution in [0.5, 0.6) is 11.6 Å². The summed E-state index contributed by atoms with van der Waals surface area (Å²) in [5.74, 6) is 1.17. The molecule has 1 N–H and O–H groups in total. The molecular formula is C20H21N3O3S. The molecule has 3 aromatic rings. The van der Waals surface area contributed by atoms with Crippen molar-refractivity contribution >= 4 is 20.6 Å². The molecule has 1 aliphatic carbocycles. The molecule has 140 valence electrons. The summed E-state index contributed by atoms with van der Waals surface area (Å²) in [5, 5.41) is 0.830. The van der Waals surface area contributed by atoms with E-state index in [1.807, 2.05) is 31.2 Å². The maximum atomic E-state index is 12.6. The molecule has 0 spiro atoms. The molecule has 2 heterocycles. The molecule has 1 saturated carbocycles. The van der Waals surface area contributed by atoms with Gasteiger partial charge in [-0.25, -0.2) is 14.0 Å². The van der Waals surface area contributed by atoms with Gasteiger partial charge in [-0.15, -0.1) is 0 Å². The lowest BCUT2D eigenvalue weighted by molar-refractivity contribution is 0.308. The van der Waals surface area contributed by atoms with E-state index in [0.29, 0.717) is 35.3 Å². The summed E-state index contributed by atoms with van der Waals surface area (Å²) >= 11 is 0. The lowest BCUT2D eigenvalue weighted by Gasteiger charge is -2.12. The average molecular weight is 383 g/mol. The summed E-state index contributed by atoms with van der Waals surface area (Å²) < 4.78 is 32.4. The Labute approximate surface area is 158 Å². The van der Waals surface area contributed by atoms with Gasteiger partial charge in [-0.1, -0.05) is 12.1 Å². The Balaban J connectivity index is 1.58. The van der Waals surface area contributed by atoms with E-state index in [-0.39, 0.29) is 5.25 Å². The highest BCUT2D eigenvalue weighted by Crippen LogP contribution is 2.34. The van der Waals surface area contributed by atoms with Gasteiger partial charge in [0.05, 0.1) is 16.3 Å². The molecule has 0 saturated heterocycles. The van der Waals surface area contributed by atoms with E-state index in [4.69, 9.17) is 14.3 Å². The van der Waals surface area contributed by atoms with Gasteiger partial charge >= 0.3 is 0 Å². The van der Waals surface area contributed by atoms with Crippen LogP contribution in [0.3, 0.4) is 0 Å². The van der Waals surface area contributed by atoms with Crippen LogP contribution in [0.15, 0.2) is 53.7 Å². The number of benzene rings is 1.